The average molecular weight is 315 g/mol. The Bertz CT molecular complexity index is 709. The van der Waals surface area contributed by atoms with E-state index in [1.54, 1.807) is 10.9 Å². The number of rotatable bonds is 6. The minimum absolute atomic E-state index is 0.300. The van der Waals surface area contributed by atoms with Crippen molar-refractivity contribution in [2.24, 2.45) is 0 Å². The summed E-state index contributed by atoms with van der Waals surface area (Å²) in [5, 5.41) is 0. The van der Waals surface area contributed by atoms with E-state index in [0.717, 1.165) is 12.8 Å². The molecule has 0 unspecified atom stereocenters. The van der Waals surface area contributed by atoms with E-state index in [-0.39, 0.29) is 0 Å². The number of hydrogen-bond donors (Lipinski definition) is 3. The van der Waals surface area contributed by atoms with Gasteiger partial charge in [0, 0.05) is 0 Å². The molecule has 2 aromatic rings. The molecule has 0 amide bonds. The van der Waals surface area contributed by atoms with Crippen LogP contribution >= 0.6 is 7.82 Å². The third kappa shape index (κ3) is 3.20. The number of phosphoric acid groups is 1. The Morgan fingerprint density at radius 1 is 1.38 bits per heavy atom. The molecular weight excluding hydrogens is 301 g/mol. The molecule has 1 saturated carbocycles. The number of nitrogen functional groups attached to an aromatic ring is 1. The number of anilines is 1. The van der Waals surface area contributed by atoms with Crippen LogP contribution in [-0.2, 0) is 20.4 Å². The second kappa shape index (κ2) is 5.00. The highest BCUT2D eigenvalue weighted by Gasteiger charge is 2.45. The number of phosphoric ester groups is 1. The van der Waals surface area contributed by atoms with Crippen molar-refractivity contribution in [3.63, 3.8) is 0 Å². The van der Waals surface area contributed by atoms with Crippen molar-refractivity contribution in [3.05, 3.63) is 12.7 Å². The highest BCUT2D eigenvalue weighted by Crippen LogP contribution is 2.43. The molecule has 3 rings (SSSR count). The van der Waals surface area contributed by atoms with Crippen LogP contribution in [0.15, 0.2) is 12.7 Å². The number of imidazole rings is 1. The maximum absolute atomic E-state index is 10.6. The minimum atomic E-state index is -4.52. The molecule has 1 aliphatic rings. The highest BCUT2D eigenvalue weighted by molar-refractivity contribution is 7.46. The second-order valence-electron chi connectivity index (χ2n) is 4.87. The first kappa shape index (κ1) is 14.4. The number of nitrogens with two attached hydrogens (primary N) is 1. The monoisotopic (exact) mass is 315 g/mol. The maximum Gasteiger partial charge on any atom is 0.471 e. The predicted molar refractivity (Wildman–Crippen MR) is 70.8 cm³/mol. The van der Waals surface area contributed by atoms with Crippen LogP contribution in [0.4, 0.5) is 5.82 Å². The van der Waals surface area contributed by atoms with Crippen LogP contribution in [0.3, 0.4) is 0 Å². The van der Waals surface area contributed by atoms with Gasteiger partial charge >= 0.3 is 7.82 Å². The van der Waals surface area contributed by atoms with Crippen molar-refractivity contribution in [2.75, 3.05) is 12.5 Å². The zero-order chi connectivity index (χ0) is 15.1. The molecule has 0 atom stereocenters. The maximum atomic E-state index is 10.6. The van der Waals surface area contributed by atoms with E-state index in [2.05, 4.69) is 19.5 Å². The Kier molecular flexibility index (Phi) is 3.42. The van der Waals surface area contributed by atoms with E-state index in [0.29, 0.717) is 23.5 Å². The Morgan fingerprint density at radius 3 is 2.81 bits per heavy atom. The van der Waals surface area contributed by atoms with Crippen molar-refractivity contribution >= 4 is 24.8 Å². The lowest BCUT2D eigenvalue weighted by Gasteiger charge is -2.17. The molecular formula is C10H14N5O5P. The van der Waals surface area contributed by atoms with Crippen LogP contribution in [0.25, 0.3) is 11.2 Å². The third-order valence-electron chi connectivity index (χ3n) is 3.28. The van der Waals surface area contributed by atoms with E-state index in [4.69, 9.17) is 20.3 Å². The molecule has 0 radical (unpaired) electrons. The molecule has 0 saturated heterocycles. The predicted octanol–water partition coefficient (Wildman–Crippen LogP) is 0.0245. The zero-order valence-electron chi connectivity index (χ0n) is 10.9. The van der Waals surface area contributed by atoms with E-state index in [9.17, 15) is 4.57 Å². The summed E-state index contributed by atoms with van der Waals surface area (Å²) in [4.78, 5) is 29.4. The van der Waals surface area contributed by atoms with Gasteiger partial charge in [-0.05, 0) is 12.8 Å². The summed E-state index contributed by atoms with van der Waals surface area (Å²) in [6.07, 6.45) is 4.46. The van der Waals surface area contributed by atoms with Crippen molar-refractivity contribution in [2.45, 2.75) is 25.0 Å². The van der Waals surface area contributed by atoms with Gasteiger partial charge in [0.1, 0.15) is 11.8 Å². The van der Waals surface area contributed by atoms with Gasteiger partial charge < -0.3 is 24.8 Å². The molecule has 0 aliphatic heterocycles. The fourth-order valence-corrected chi connectivity index (χ4v) is 2.22. The van der Waals surface area contributed by atoms with Crippen molar-refractivity contribution in [1.82, 2.24) is 19.5 Å². The number of fused-ring (bicyclic) bond motifs is 1. The molecule has 0 bridgehead atoms. The quantitative estimate of drug-likeness (QED) is 0.496. The molecule has 1 fully saturated rings. The highest BCUT2D eigenvalue weighted by atomic mass is 31.2. The summed E-state index contributed by atoms with van der Waals surface area (Å²) in [6.45, 7) is -0.0154. The van der Waals surface area contributed by atoms with Gasteiger partial charge in [0.25, 0.3) is 0 Å². The Hall–Kier alpha value is -1.58. The number of hydrogen-bond acceptors (Lipinski definition) is 7. The molecule has 11 heteroatoms. The fourth-order valence-electron chi connectivity index (χ4n) is 2.03. The molecule has 2 heterocycles. The molecule has 10 nitrogen and oxygen atoms in total. The Balaban J connectivity index is 1.70. The van der Waals surface area contributed by atoms with Crippen LogP contribution in [0.2, 0.25) is 0 Å². The van der Waals surface area contributed by atoms with Crippen molar-refractivity contribution < 1.29 is 23.6 Å². The Labute approximate surface area is 119 Å². The smallest absolute Gasteiger partial charge is 0.382 e. The molecule has 0 aromatic carbocycles. The third-order valence-corrected chi connectivity index (χ3v) is 3.72. The molecule has 114 valence electrons. The fraction of sp³-hybridized carbons (Fsp3) is 0.500. The minimum Gasteiger partial charge on any atom is -0.382 e. The Morgan fingerprint density at radius 2 is 2.14 bits per heavy atom. The van der Waals surface area contributed by atoms with E-state index in [1.165, 1.54) is 6.33 Å². The summed E-state index contributed by atoms with van der Waals surface area (Å²) < 4.78 is 22.1. The summed E-state index contributed by atoms with van der Waals surface area (Å²) in [5.74, 6) is 0.300. The van der Waals surface area contributed by atoms with E-state index < -0.39 is 20.2 Å². The van der Waals surface area contributed by atoms with Crippen LogP contribution in [0.5, 0.6) is 0 Å². The topological polar surface area (TPSA) is 146 Å². The van der Waals surface area contributed by atoms with Gasteiger partial charge in [0.2, 0.25) is 0 Å². The summed E-state index contributed by atoms with van der Waals surface area (Å²) >= 11 is 0. The van der Waals surface area contributed by atoms with E-state index >= 15 is 0 Å². The van der Waals surface area contributed by atoms with Gasteiger partial charge in [0.15, 0.2) is 18.3 Å². The molecule has 2 aromatic heterocycles. The van der Waals surface area contributed by atoms with Gasteiger partial charge in [0.05, 0.1) is 18.5 Å². The van der Waals surface area contributed by atoms with Gasteiger partial charge in [-0.15, -0.1) is 0 Å². The average Bonchev–Trinajstić information content (AvgIpc) is 3.02. The second-order valence-corrected chi connectivity index (χ2v) is 6.11. The summed E-state index contributed by atoms with van der Waals surface area (Å²) in [7, 11) is -4.52. The van der Waals surface area contributed by atoms with Crippen molar-refractivity contribution in [1.29, 1.82) is 0 Å². The van der Waals surface area contributed by atoms with Crippen LogP contribution in [-0.4, -0.2) is 41.7 Å². The molecule has 1 aliphatic carbocycles. The number of nitrogens with zero attached hydrogens (tertiary/aromatic N) is 4. The van der Waals surface area contributed by atoms with Crippen molar-refractivity contribution in [3.8, 4) is 0 Å². The normalized spacial score (nSPS) is 17.2. The van der Waals surface area contributed by atoms with Gasteiger partial charge in [-0.3, -0.25) is 4.52 Å². The lowest BCUT2D eigenvalue weighted by Crippen LogP contribution is -2.23. The van der Waals surface area contributed by atoms with Gasteiger partial charge in [-0.1, -0.05) is 0 Å². The standard InChI is InChI=1S/C10H14N5O5P/c11-8-7-9(13-4-12-8)15(5-14-7)3-10(1-2-10)19-6-20-21(16,17)18/h4-5H,1-3,6H2,(H2,11,12,13)(H2,16,17,18). The molecule has 0 spiro atoms. The lowest BCUT2D eigenvalue weighted by molar-refractivity contribution is -0.0670. The summed E-state index contributed by atoms with van der Waals surface area (Å²) in [5.41, 5.74) is 6.31. The van der Waals surface area contributed by atoms with Gasteiger partial charge in [-0.25, -0.2) is 19.5 Å². The molecule has 4 N–H and O–H groups in total. The van der Waals surface area contributed by atoms with Gasteiger partial charge in [-0.2, -0.15) is 0 Å². The first-order valence-corrected chi connectivity index (χ1v) is 7.67. The van der Waals surface area contributed by atoms with E-state index in [1.807, 2.05) is 0 Å². The first-order valence-electron chi connectivity index (χ1n) is 6.14. The SMILES string of the molecule is Nc1ncnc2c1ncn2CC1(OCOP(=O)(O)O)CC1. The largest absolute Gasteiger partial charge is 0.471 e. The lowest BCUT2D eigenvalue weighted by atomic mass is 10.3. The first-order chi connectivity index (χ1) is 9.89. The number of ether oxygens (including phenoxy) is 1. The van der Waals surface area contributed by atoms with Crippen LogP contribution in [0.1, 0.15) is 12.8 Å². The number of aromatic nitrogens is 4. The molecule has 21 heavy (non-hydrogen) atoms. The van der Waals surface area contributed by atoms with Crippen LogP contribution < -0.4 is 5.73 Å². The summed E-state index contributed by atoms with van der Waals surface area (Å²) in [6, 6.07) is 0. The van der Waals surface area contributed by atoms with Crippen LogP contribution in [0, 0.1) is 0 Å². The zero-order valence-corrected chi connectivity index (χ0v) is 11.8.